The smallest absolute Gasteiger partial charge is 0.144 e. The van der Waals surface area contributed by atoms with Gasteiger partial charge in [0.1, 0.15) is 11.9 Å². The average Bonchev–Trinajstić information content (AvgIpc) is 2.40. The Morgan fingerprint density at radius 2 is 2.29 bits per heavy atom. The van der Waals surface area contributed by atoms with Crippen molar-refractivity contribution in [3.05, 3.63) is 23.9 Å². The van der Waals surface area contributed by atoms with Crippen molar-refractivity contribution >= 4 is 5.82 Å². The SMILES string of the molecule is CC(Nc1ncccc1C#N)C1CCOCC1. The molecule has 0 radical (unpaired) electrons. The summed E-state index contributed by atoms with van der Waals surface area (Å²) in [6, 6.07) is 6.04. The molecule has 1 N–H and O–H groups in total. The Labute approximate surface area is 102 Å². The maximum Gasteiger partial charge on any atom is 0.144 e. The predicted molar refractivity (Wildman–Crippen MR) is 65.6 cm³/mol. The van der Waals surface area contributed by atoms with Crippen molar-refractivity contribution in [1.82, 2.24) is 4.98 Å². The van der Waals surface area contributed by atoms with Crippen LogP contribution in [-0.2, 0) is 4.74 Å². The Kier molecular flexibility index (Phi) is 3.94. The number of aromatic nitrogens is 1. The van der Waals surface area contributed by atoms with Gasteiger partial charge in [0.15, 0.2) is 0 Å². The molecule has 4 nitrogen and oxygen atoms in total. The number of anilines is 1. The van der Waals surface area contributed by atoms with Gasteiger partial charge in [0.2, 0.25) is 0 Å². The molecule has 1 saturated heterocycles. The zero-order valence-electron chi connectivity index (χ0n) is 10.0. The Morgan fingerprint density at radius 1 is 1.53 bits per heavy atom. The normalized spacial score (nSPS) is 18.4. The summed E-state index contributed by atoms with van der Waals surface area (Å²) in [6.45, 7) is 3.82. The van der Waals surface area contributed by atoms with Gasteiger partial charge in [-0.15, -0.1) is 0 Å². The summed E-state index contributed by atoms with van der Waals surface area (Å²) < 4.78 is 5.35. The van der Waals surface area contributed by atoms with Crippen LogP contribution in [0.5, 0.6) is 0 Å². The summed E-state index contributed by atoms with van der Waals surface area (Å²) in [7, 11) is 0. The van der Waals surface area contributed by atoms with E-state index in [9.17, 15) is 0 Å². The molecule has 1 unspecified atom stereocenters. The van der Waals surface area contributed by atoms with E-state index < -0.39 is 0 Å². The third-order valence-corrected chi connectivity index (χ3v) is 3.27. The first-order valence-corrected chi connectivity index (χ1v) is 6.00. The molecule has 17 heavy (non-hydrogen) atoms. The maximum absolute atomic E-state index is 8.99. The molecule has 2 rings (SSSR count). The van der Waals surface area contributed by atoms with Crippen LogP contribution in [0, 0.1) is 17.2 Å². The Morgan fingerprint density at radius 3 is 3.00 bits per heavy atom. The van der Waals surface area contributed by atoms with Gasteiger partial charge in [0.25, 0.3) is 0 Å². The van der Waals surface area contributed by atoms with E-state index in [1.54, 1.807) is 18.3 Å². The van der Waals surface area contributed by atoms with Crippen molar-refractivity contribution < 1.29 is 4.74 Å². The van der Waals surface area contributed by atoms with Gasteiger partial charge in [-0.1, -0.05) is 0 Å². The van der Waals surface area contributed by atoms with E-state index in [1.165, 1.54) is 0 Å². The molecule has 2 heterocycles. The van der Waals surface area contributed by atoms with Gasteiger partial charge in [0.05, 0.1) is 5.56 Å². The highest BCUT2D eigenvalue weighted by Crippen LogP contribution is 2.22. The lowest BCUT2D eigenvalue weighted by Crippen LogP contribution is -2.31. The van der Waals surface area contributed by atoms with Gasteiger partial charge in [-0.25, -0.2) is 4.98 Å². The molecule has 0 aliphatic carbocycles. The van der Waals surface area contributed by atoms with Crippen LogP contribution in [0.1, 0.15) is 25.3 Å². The van der Waals surface area contributed by atoms with Crippen LogP contribution in [0.15, 0.2) is 18.3 Å². The van der Waals surface area contributed by atoms with Gasteiger partial charge in [-0.05, 0) is 37.8 Å². The summed E-state index contributed by atoms with van der Waals surface area (Å²) in [6.07, 6.45) is 3.85. The first-order chi connectivity index (χ1) is 8.31. The number of nitriles is 1. The molecule has 1 atom stereocenters. The Hall–Kier alpha value is -1.60. The average molecular weight is 231 g/mol. The second-order valence-electron chi connectivity index (χ2n) is 4.39. The van der Waals surface area contributed by atoms with E-state index in [-0.39, 0.29) is 0 Å². The summed E-state index contributed by atoms with van der Waals surface area (Å²) in [5, 5.41) is 12.3. The molecule has 1 aliphatic rings. The van der Waals surface area contributed by atoms with Crippen LogP contribution in [-0.4, -0.2) is 24.2 Å². The molecule has 1 aromatic rings. The van der Waals surface area contributed by atoms with Gasteiger partial charge in [-0.2, -0.15) is 5.26 Å². The number of nitrogens with zero attached hydrogens (tertiary/aromatic N) is 2. The molecule has 0 spiro atoms. The molecular formula is C13H17N3O. The summed E-state index contributed by atoms with van der Waals surface area (Å²) in [4.78, 5) is 4.22. The zero-order chi connectivity index (χ0) is 12.1. The lowest BCUT2D eigenvalue weighted by Gasteiger charge is -2.28. The number of rotatable bonds is 3. The number of ether oxygens (including phenoxy) is 1. The van der Waals surface area contributed by atoms with Crippen molar-refractivity contribution in [3.8, 4) is 6.07 Å². The Balaban J connectivity index is 2.02. The first kappa shape index (κ1) is 11.9. The van der Waals surface area contributed by atoms with Crippen molar-refractivity contribution in [1.29, 1.82) is 5.26 Å². The molecule has 0 saturated carbocycles. The lowest BCUT2D eigenvalue weighted by atomic mass is 9.93. The molecule has 0 aromatic carbocycles. The maximum atomic E-state index is 8.99. The second-order valence-corrected chi connectivity index (χ2v) is 4.39. The number of pyridine rings is 1. The number of hydrogen-bond donors (Lipinski definition) is 1. The fourth-order valence-corrected chi connectivity index (χ4v) is 2.16. The van der Waals surface area contributed by atoms with Crippen LogP contribution in [0.4, 0.5) is 5.82 Å². The summed E-state index contributed by atoms with van der Waals surface area (Å²) >= 11 is 0. The van der Waals surface area contributed by atoms with Crippen LogP contribution in [0.2, 0.25) is 0 Å². The molecule has 1 fully saturated rings. The van der Waals surface area contributed by atoms with Crippen molar-refractivity contribution in [2.45, 2.75) is 25.8 Å². The van der Waals surface area contributed by atoms with E-state index in [4.69, 9.17) is 10.00 Å². The third kappa shape index (κ3) is 2.95. The van der Waals surface area contributed by atoms with Gasteiger partial charge in [0, 0.05) is 25.5 Å². The highest BCUT2D eigenvalue weighted by molar-refractivity contribution is 5.51. The Bertz CT molecular complexity index is 407. The minimum Gasteiger partial charge on any atom is -0.381 e. The summed E-state index contributed by atoms with van der Waals surface area (Å²) in [5.74, 6) is 1.28. The van der Waals surface area contributed by atoms with Gasteiger partial charge >= 0.3 is 0 Å². The minimum absolute atomic E-state index is 0.320. The molecule has 1 aromatic heterocycles. The molecule has 4 heteroatoms. The molecular weight excluding hydrogens is 214 g/mol. The number of hydrogen-bond acceptors (Lipinski definition) is 4. The van der Waals surface area contributed by atoms with E-state index in [1.807, 2.05) is 0 Å². The van der Waals surface area contributed by atoms with Crippen molar-refractivity contribution in [2.24, 2.45) is 5.92 Å². The highest BCUT2D eigenvalue weighted by atomic mass is 16.5. The van der Waals surface area contributed by atoms with Gasteiger partial charge < -0.3 is 10.1 Å². The van der Waals surface area contributed by atoms with E-state index in [0.29, 0.717) is 23.3 Å². The summed E-state index contributed by atoms with van der Waals surface area (Å²) in [5.41, 5.74) is 0.603. The predicted octanol–water partition coefficient (Wildman–Crippen LogP) is 2.18. The highest BCUT2D eigenvalue weighted by Gasteiger charge is 2.21. The molecule has 90 valence electrons. The largest absolute Gasteiger partial charge is 0.381 e. The first-order valence-electron chi connectivity index (χ1n) is 6.00. The fourth-order valence-electron chi connectivity index (χ4n) is 2.16. The zero-order valence-corrected chi connectivity index (χ0v) is 10.0. The number of nitrogens with one attached hydrogen (secondary N) is 1. The third-order valence-electron chi connectivity index (χ3n) is 3.27. The van der Waals surface area contributed by atoms with E-state index >= 15 is 0 Å². The molecule has 0 bridgehead atoms. The topological polar surface area (TPSA) is 57.9 Å². The fraction of sp³-hybridized carbons (Fsp3) is 0.538. The van der Waals surface area contributed by atoms with Crippen LogP contribution in [0.3, 0.4) is 0 Å². The van der Waals surface area contributed by atoms with Crippen molar-refractivity contribution in [3.63, 3.8) is 0 Å². The standard InChI is InChI=1S/C13H17N3O/c1-10(11-4-7-17-8-5-11)16-13-12(9-14)3-2-6-15-13/h2-3,6,10-11H,4-5,7-8H2,1H3,(H,15,16). The molecule has 1 aliphatic heterocycles. The monoisotopic (exact) mass is 231 g/mol. The lowest BCUT2D eigenvalue weighted by molar-refractivity contribution is 0.0622. The van der Waals surface area contributed by atoms with Gasteiger partial charge in [-0.3, -0.25) is 0 Å². The van der Waals surface area contributed by atoms with E-state index in [0.717, 1.165) is 26.1 Å². The van der Waals surface area contributed by atoms with Crippen LogP contribution in [0.25, 0.3) is 0 Å². The van der Waals surface area contributed by atoms with E-state index in [2.05, 4.69) is 23.3 Å². The quantitative estimate of drug-likeness (QED) is 0.866. The van der Waals surface area contributed by atoms with Crippen molar-refractivity contribution in [2.75, 3.05) is 18.5 Å². The second kappa shape index (κ2) is 5.65. The molecule has 0 amide bonds. The minimum atomic E-state index is 0.320. The van der Waals surface area contributed by atoms with Crippen LogP contribution >= 0.6 is 0 Å². The van der Waals surface area contributed by atoms with Crippen LogP contribution < -0.4 is 5.32 Å².